The summed E-state index contributed by atoms with van der Waals surface area (Å²) in [6.45, 7) is 3.68. The molecular weight excluding hydrogens is 426 g/mol. The highest BCUT2D eigenvalue weighted by atomic mass is 16.7. The van der Waals surface area contributed by atoms with Crippen molar-refractivity contribution in [2.45, 2.75) is 57.2 Å². The van der Waals surface area contributed by atoms with Gasteiger partial charge in [-0.1, -0.05) is 23.4 Å². The SMILES string of the molecule is C/C=C(/C)C(=O)Nc1cccc(C2=NOC3(C2)C[C@@H](C(N)=O)N(C(=O)[C@H]2CCC(=O)N2)C3)c1. The zero-order chi connectivity index (χ0) is 23.8. The van der Waals surface area contributed by atoms with Crippen LogP contribution in [0.2, 0.25) is 0 Å². The number of allylic oxidation sites excluding steroid dienone is 1. The summed E-state index contributed by atoms with van der Waals surface area (Å²) in [4.78, 5) is 56.0. The van der Waals surface area contributed by atoms with Crippen LogP contribution in [0.4, 0.5) is 5.69 Å². The third-order valence-corrected chi connectivity index (χ3v) is 6.39. The van der Waals surface area contributed by atoms with Gasteiger partial charge in [-0.2, -0.15) is 0 Å². The van der Waals surface area contributed by atoms with Crippen LogP contribution in [0.25, 0.3) is 0 Å². The van der Waals surface area contributed by atoms with Gasteiger partial charge in [0, 0.05) is 36.1 Å². The van der Waals surface area contributed by atoms with Crippen LogP contribution in [0.15, 0.2) is 41.1 Å². The second-order valence-corrected chi connectivity index (χ2v) is 8.74. The third kappa shape index (κ3) is 4.46. The van der Waals surface area contributed by atoms with E-state index in [0.29, 0.717) is 29.8 Å². The molecule has 0 aliphatic carbocycles. The molecule has 3 aliphatic rings. The van der Waals surface area contributed by atoms with E-state index in [1.165, 1.54) is 4.90 Å². The minimum absolute atomic E-state index is 0.149. The van der Waals surface area contributed by atoms with Gasteiger partial charge in [-0.05, 0) is 32.4 Å². The molecule has 33 heavy (non-hydrogen) atoms. The average molecular weight is 453 g/mol. The highest BCUT2D eigenvalue weighted by molar-refractivity contribution is 6.06. The molecule has 10 heteroatoms. The maximum atomic E-state index is 13.0. The molecule has 1 unspecified atom stereocenters. The first kappa shape index (κ1) is 22.5. The standard InChI is InChI=1S/C23H27N5O5/c1-3-13(2)21(31)25-15-6-4-5-14(9-15)17-10-23(33-27-17)11-18(20(24)30)28(12-23)22(32)16-7-8-19(29)26-16/h3-6,9,16,18H,7-8,10-12H2,1-2H3,(H2,24,30)(H,25,31)(H,26,29)/b13-3-/t16-,18+,23?/m1/s1. The number of benzene rings is 1. The first-order valence-electron chi connectivity index (χ1n) is 10.9. The largest absolute Gasteiger partial charge is 0.387 e. The summed E-state index contributed by atoms with van der Waals surface area (Å²) in [5.41, 5.74) is 7.38. The second-order valence-electron chi connectivity index (χ2n) is 8.74. The molecule has 0 radical (unpaired) electrons. The molecule has 1 aromatic rings. The molecule has 1 aromatic carbocycles. The number of oxime groups is 1. The summed E-state index contributed by atoms with van der Waals surface area (Å²) in [5, 5.41) is 9.73. The number of likely N-dealkylation sites (tertiary alicyclic amines) is 1. The van der Waals surface area contributed by atoms with E-state index >= 15 is 0 Å². The van der Waals surface area contributed by atoms with Gasteiger partial charge in [-0.25, -0.2) is 0 Å². The fourth-order valence-electron chi connectivity index (χ4n) is 4.44. The topological polar surface area (TPSA) is 143 Å². The fourth-order valence-corrected chi connectivity index (χ4v) is 4.44. The zero-order valence-electron chi connectivity index (χ0n) is 18.6. The molecule has 1 spiro atoms. The first-order valence-corrected chi connectivity index (χ1v) is 10.9. The fraction of sp³-hybridized carbons (Fsp3) is 0.435. The number of nitrogens with zero attached hydrogens (tertiary/aromatic N) is 2. The van der Waals surface area contributed by atoms with Crippen LogP contribution in [0.5, 0.6) is 0 Å². The van der Waals surface area contributed by atoms with Crippen molar-refractivity contribution in [1.29, 1.82) is 0 Å². The van der Waals surface area contributed by atoms with E-state index in [4.69, 9.17) is 10.6 Å². The summed E-state index contributed by atoms with van der Waals surface area (Å²) < 4.78 is 0. The van der Waals surface area contributed by atoms with E-state index in [-0.39, 0.29) is 37.1 Å². The van der Waals surface area contributed by atoms with Crippen molar-refractivity contribution in [1.82, 2.24) is 10.2 Å². The highest BCUT2D eigenvalue weighted by Gasteiger charge is 2.54. The Kier molecular flexibility index (Phi) is 5.92. The number of rotatable bonds is 5. The van der Waals surface area contributed by atoms with Crippen LogP contribution in [0.3, 0.4) is 0 Å². The predicted molar refractivity (Wildman–Crippen MR) is 120 cm³/mol. The number of carbonyl (C=O) groups excluding carboxylic acids is 4. The lowest BCUT2D eigenvalue weighted by molar-refractivity contribution is -0.139. The third-order valence-electron chi connectivity index (χ3n) is 6.39. The maximum Gasteiger partial charge on any atom is 0.250 e. The van der Waals surface area contributed by atoms with Gasteiger partial charge in [0.05, 0.1) is 12.3 Å². The Morgan fingerprint density at radius 1 is 1.36 bits per heavy atom. The summed E-state index contributed by atoms with van der Waals surface area (Å²) >= 11 is 0. The quantitative estimate of drug-likeness (QED) is 0.566. The number of hydrogen-bond donors (Lipinski definition) is 3. The second kappa shape index (κ2) is 8.68. The zero-order valence-corrected chi connectivity index (χ0v) is 18.6. The van der Waals surface area contributed by atoms with Crippen molar-refractivity contribution in [3.63, 3.8) is 0 Å². The van der Waals surface area contributed by atoms with E-state index < -0.39 is 23.6 Å². The van der Waals surface area contributed by atoms with Gasteiger partial charge in [0.15, 0.2) is 5.60 Å². The lowest BCUT2D eigenvalue weighted by Gasteiger charge is -2.25. The van der Waals surface area contributed by atoms with Gasteiger partial charge in [0.1, 0.15) is 12.1 Å². The number of nitrogens with two attached hydrogens (primary N) is 1. The minimum atomic E-state index is -0.867. The Morgan fingerprint density at radius 3 is 2.82 bits per heavy atom. The highest BCUT2D eigenvalue weighted by Crippen LogP contribution is 2.39. The van der Waals surface area contributed by atoms with Crippen LogP contribution < -0.4 is 16.4 Å². The smallest absolute Gasteiger partial charge is 0.250 e. The van der Waals surface area contributed by atoms with Gasteiger partial charge < -0.3 is 26.1 Å². The number of nitrogens with one attached hydrogen (secondary N) is 2. The number of anilines is 1. The lowest BCUT2D eigenvalue weighted by atomic mass is 9.91. The van der Waals surface area contributed by atoms with Crippen molar-refractivity contribution >= 4 is 35.0 Å². The van der Waals surface area contributed by atoms with E-state index in [2.05, 4.69) is 15.8 Å². The van der Waals surface area contributed by atoms with Crippen molar-refractivity contribution in [2.75, 3.05) is 11.9 Å². The molecule has 4 N–H and O–H groups in total. The van der Waals surface area contributed by atoms with Gasteiger partial charge in [0.2, 0.25) is 17.7 Å². The molecule has 4 rings (SSSR count). The van der Waals surface area contributed by atoms with E-state index in [1.807, 2.05) is 12.1 Å². The van der Waals surface area contributed by atoms with Crippen molar-refractivity contribution < 1.29 is 24.0 Å². The van der Waals surface area contributed by atoms with Crippen molar-refractivity contribution in [2.24, 2.45) is 10.9 Å². The summed E-state index contributed by atoms with van der Waals surface area (Å²) in [7, 11) is 0. The molecule has 2 fully saturated rings. The Hall–Kier alpha value is -3.69. The lowest BCUT2D eigenvalue weighted by Crippen LogP contribution is -2.50. The van der Waals surface area contributed by atoms with E-state index in [1.54, 1.807) is 32.1 Å². The molecule has 3 atom stereocenters. The Balaban J connectivity index is 1.48. The number of amides is 4. The number of primary amides is 1. The molecule has 0 bridgehead atoms. The average Bonchev–Trinajstić information content (AvgIpc) is 3.52. The van der Waals surface area contributed by atoms with Crippen LogP contribution >= 0.6 is 0 Å². The Labute approximate surface area is 191 Å². The molecule has 4 amide bonds. The minimum Gasteiger partial charge on any atom is -0.387 e. The van der Waals surface area contributed by atoms with Crippen LogP contribution in [0, 0.1) is 0 Å². The van der Waals surface area contributed by atoms with Crippen molar-refractivity contribution in [3.05, 3.63) is 41.5 Å². The van der Waals surface area contributed by atoms with Crippen LogP contribution in [-0.4, -0.2) is 58.5 Å². The Morgan fingerprint density at radius 2 is 2.15 bits per heavy atom. The van der Waals surface area contributed by atoms with E-state index in [0.717, 1.165) is 5.56 Å². The first-order chi connectivity index (χ1) is 15.7. The van der Waals surface area contributed by atoms with Gasteiger partial charge in [0.25, 0.3) is 5.91 Å². The molecule has 2 saturated heterocycles. The number of carbonyl (C=O) groups is 4. The molecule has 0 saturated carbocycles. The molecule has 10 nitrogen and oxygen atoms in total. The monoisotopic (exact) mass is 453 g/mol. The maximum absolute atomic E-state index is 13.0. The molecule has 0 aromatic heterocycles. The molecule has 3 heterocycles. The molecule has 3 aliphatic heterocycles. The molecular formula is C23H27N5O5. The van der Waals surface area contributed by atoms with Gasteiger partial charge in [-0.15, -0.1) is 0 Å². The van der Waals surface area contributed by atoms with Crippen LogP contribution in [-0.2, 0) is 24.0 Å². The summed E-state index contributed by atoms with van der Waals surface area (Å²) in [5.74, 6) is -1.32. The number of hydrogen-bond acceptors (Lipinski definition) is 6. The van der Waals surface area contributed by atoms with Crippen molar-refractivity contribution in [3.8, 4) is 0 Å². The predicted octanol–water partition coefficient (Wildman–Crippen LogP) is 0.819. The molecule has 174 valence electrons. The van der Waals surface area contributed by atoms with E-state index in [9.17, 15) is 19.2 Å². The summed E-state index contributed by atoms with van der Waals surface area (Å²) in [6, 6.07) is 5.77. The van der Waals surface area contributed by atoms with Gasteiger partial charge >= 0.3 is 0 Å². The summed E-state index contributed by atoms with van der Waals surface area (Å²) in [6.07, 6.45) is 3.00. The van der Waals surface area contributed by atoms with Crippen LogP contribution in [0.1, 0.15) is 45.1 Å². The normalized spacial score (nSPS) is 26.7. The Bertz CT molecular complexity index is 1080. The van der Waals surface area contributed by atoms with Gasteiger partial charge in [-0.3, -0.25) is 19.2 Å².